The number of nitrogens with zero attached hydrogens (tertiary/aromatic N) is 2. The Balaban J connectivity index is 2.52. The highest BCUT2D eigenvalue weighted by molar-refractivity contribution is 6.08. The molecular formula is C13H8N2O2. The Hall–Kier alpha value is -2.49. The first-order valence-corrected chi connectivity index (χ1v) is 5.18. The Morgan fingerprint density at radius 2 is 1.88 bits per heavy atom. The number of non-ortho nitro benzene ring substituents is 1. The molecule has 0 N–H and O–H groups in total. The van der Waals surface area contributed by atoms with Crippen molar-refractivity contribution in [2.45, 2.75) is 0 Å². The molecule has 0 atom stereocenters. The Morgan fingerprint density at radius 3 is 2.71 bits per heavy atom. The molecule has 0 saturated carbocycles. The molecule has 17 heavy (non-hydrogen) atoms. The highest BCUT2D eigenvalue weighted by Crippen LogP contribution is 2.29. The van der Waals surface area contributed by atoms with E-state index in [0.717, 1.165) is 16.3 Å². The van der Waals surface area contributed by atoms with Crippen LogP contribution in [-0.2, 0) is 0 Å². The van der Waals surface area contributed by atoms with Crippen LogP contribution in [0.5, 0.6) is 0 Å². The molecular weight excluding hydrogens is 216 g/mol. The van der Waals surface area contributed by atoms with Gasteiger partial charge in [0.2, 0.25) is 0 Å². The van der Waals surface area contributed by atoms with Gasteiger partial charge in [-0.1, -0.05) is 24.3 Å². The minimum absolute atomic E-state index is 0.120. The van der Waals surface area contributed by atoms with Crippen molar-refractivity contribution >= 4 is 27.4 Å². The van der Waals surface area contributed by atoms with E-state index in [1.54, 1.807) is 18.3 Å². The first kappa shape index (κ1) is 9.72. The number of benzene rings is 2. The van der Waals surface area contributed by atoms with Gasteiger partial charge in [0.25, 0.3) is 5.69 Å². The van der Waals surface area contributed by atoms with Crippen molar-refractivity contribution in [1.82, 2.24) is 4.98 Å². The average Bonchev–Trinajstić information content (AvgIpc) is 2.37. The molecule has 0 spiro atoms. The summed E-state index contributed by atoms with van der Waals surface area (Å²) in [4.78, 5) is 14.9. The lowest BCUT2D eigenvalue weighted by Crippen LogP contribution is -1.90. The largest absolute Gasteiger partial charge is 0.277 e. The molecule has 3 rings (SSSR count). The van der Waals surface area contributed by atoms with Crippen molar-refractivity contribution in [3.05, 3.63) is 58.8 Å². The summed E-state index contributed by atoms with van der Waals surface area (Å²) in [6.45, 7) is 0. The number of rotatable bonds is 1. The standard InChI is InChI=1S/C13H8N2O2/c16-15(17)12-5-1-4-11-10(12)7-6-9-3-2-8-14-13(9)11/h1-8H. The van der Waals surface area contributed by atoms with Gasteiger partial charge >= 0.3 is 0 Å². The fourth-order valence-electron chi connectivity index (χ4n) is 2.04. The van der Waals surface area contributed by atoms with Crippen LogP contribution in [0.25, 0.3) is 21.7 Å². The zero-order chi connectivity index (χ0) is 11.8. The van der Waals surface area contributed by atoms with Crippen LogP contribution in [0.4, 0.5) is 5.69 Å². The molecule has 0 aliphatic carbocycles. The maximum absolute atomic E-state index is 10.9. The van der Waals surface area contributed by atoms with Crippen LogP contribution < -0.4 is 0 Å². The molecule has 0 saturated heterocycles. The van der Waals surface area contributed by atoms with E-state index >= 15 is 0 Å². The van der Waals surface area contributed by atoms with E-state index in [1.165, 1.54) is 6.07 Å². The molecule has 3 aromatic rings. The molecule has 1 heterocycles. The summed E-state index contributed by atoms with van der Waals surface area (Å²) >= 11 is 0. The van der Waals surface area contributed by atoms with Crippen LogP contribution in [0, 0.1) is 10.1 Å². The van der Waals surface area contributed by atoms with E-state index in [0.29, 0.717) is 5.39 Å². The minimum atomic E-state index is -0.364. The van der Waals surface area contributed by atoms with Crippen molar-refractivity contribution in [1.29, 1.82) is 0 Å². The summed E-state index contributed by atoms with van der Waals surface area (Å²) < 4.78 is 0. The molecule has 0 radical (unpaired) electrons. The van der Waals surface area contributed by atoms with E-state index in [4.69, 9.17) is 0 Å². The average molecular weight is 224 g/mol. The maximum Gasteiger partial charge on any atom is 0.277 e. The van der Waals surface area contributed by atoms with Crippen LogP contribution in [0.15, 0.2) is 48.7 Å². The van der Waals surface area contributed by atoms with Gasteiger partial charge in [0, 0.05) is 23.0 Å². The Labute approximate surface area is 96.7 Å². The summed E-state index contributed by atoms with van der Waals surface area (Å²) in [6, 6.07) is 12.5. The predicted molar refractivity (Wildman–Crippen MR) is 65.9 cm³/mol. The van der Waals surface area contributed by atoms with E-state index in [9.17, 15) is 10.1 Å². The topological polar surface area (TPSA) is 56.0 Å². The number of fused-ring (bicyclic) bond motifs is 3. The second kappa shape index (κ2) is 3.52. The maximum atomic E-state index is 10.9. The van der Waals surface area contributed by atoms with Gasteiger partial charge in [-0.3, -0.25) is 15.1 Å². The SMILES string of the molecule is O=[N+]([O-])c1cccc2c1ccc1cccnc12. The molecule has 4 heteroatoms. The second-order valence-electron chi connectivity index (χ2n) is 3.77. The highest BCUT2D eigenvalue weighted by Gasteiger charge is 2.12. The van der Waals surface area contributed by atoms with Gasteiger partial charge in [0.1, 0.15) is 0 Å². The van der Waals surface area contributed by atoms with Gasteiger partial charge in [-0.2, -0.15) is 0 Å². The third kappa shape index (κ3) is 1.42. The van der Waals surface area contributed by atoms with Gasteiger partial charge < -0.3 is 0 Å². The lowest BCUT2D eigenvalue weighted by molar-refractivity contribution is -0.383. The summed E-state index contributed by atoms with van der Waals surface area (Å²) in [5, 5.41) is 13.4. The zero-order valence-corrected chi connectivity index (χ0v) is 8.83. The van der Waals surface area contributed by atoms with Crippen LogP contribution in [0.2, 0.25) is 0 Å². The smallest absolute Gasteiger partial charge is 0.258 e. The van der Waals surface area contributed by atoms with Crippen molar-refractivity contribution in [3.63, 3.8) is 0 Å². The Bertz CT molecular complexity index is 738. The number of pyridine rings is 1. The van der Waals surface area contributed by atoms with E-state index < -0.39 is 0 Å². The van der Waals surface area contributed by atoms with Crippen LogP contribution in [-0.4, -0.2) is 9.91 Å². The van der Waals surface area contributed by atoms with Crippen LogP contribution in [0.1, 0.15) is 0 Å². The number of nitro groups is 1. The number of aromatic nitrogens is 1. The molecule has 0 aliphatic rings. The molecule has 0 fully saturated rings. The van der Waals surface area contributed by atoms with Crippen LogP contribution >= 0.6 is 0 Å². The number of nitro benzene ring substituents is 1. The summed E-state index contributed by atoms with van der Waals surface area (Å²) in [6.07, 6.45) is 1.70. The zero-order valence-electron chi connectivity index (χ0n) is 8.83. The van der Waals surface area contributed by atoms with E-state index in [-0.39, 0.29) is 10.6 Å². The quantitative estimate of drug-likeness (QED) is 0.362. The normalized spacial score (nSPS) is 10.8. The molecule has 4 nitrogen and oxygen atoms in total. The lowest BCUT2D eigenvalue weighted by atomic mass is 10.0. The number of hydrogen-bond acceptors (Lipinski definition) is 3. The molecule has 1 aromatic heterocycles. The molecule has 0 amide bonds. The van der Waals surface area contributed by atoms with Gasteiger partial charge in [0.05, 0.1) is 15.8 Å². The third-order valence-electron chi connectivity index (χ3n) is 2.80. The van der Waals surface area contributed by atoms with Crippen molar-refractivity contribution < 1.29 is 4.92 Å². The fraction of sp³-hybridized carbons (Fsp3) is 0. The van der Waals surface area contributed by atoms with Gasteiger partial charge in [-0.25, -0.2) is 0 Å². The summed E-state index contributed by atoms with van der Waals surface area (Å²) in [7, 11) is 0. The van der Waals surface area contributed by atoms with E-state index in [1.807, 2.05) is 24.3 Å². The number of hydrogen-bond donors (Lipinski definition) is 0. The van der Waals surface area contributed by atoms with Crippen molar-refractivity contribution in [3.8, 4) is 0 Å². The fourth-order valence-corrected chi connectivity index (χ4v) is 2.04. The highest BCUT2D eigenvalue weighted by atomic mass is 16.6. The van der Waals surface area contributed by atoms with Crippen molar-refractivity contribution in [2.75, 3.05) is 0 Å². The van der Waals surface area contributed by atoms with Gasteiger partial charge in [0.15, 0.2) is 0 Å². The molecule has 2 aromatic carbocycles. The molecule has 82 valence electrons. The van der Waals surface area contributed by atoms with E-state index in [2.05, 4.69) is 4.98 Å². The first-order chi connectivity index (χ1) is 8.27. The lowest BCUT2D eigenvalue weighted by Gasteiger charge is -2.02. The molecule has 0 unspecified atom stereocenters. The second-order valence-corrected chi connectivity index (χ2v) is 3.77. The Kier molecular flexibility index (Phi) is 2.01. The Morgan fingerprint density at radius 1 is 1.00 bits per heavy atom. The van der Waals surface area contributed by atoms with Crippen molar-refractivity contribution in [2.24, 2.45) is 0 Å². The summed E-state index contributed by atoms with van der Waals surface area (Å²) in [5.74, 6) is 0. The third-order valence-corrected chi connectivity index (χ3v) is 2.80. The van der Waals surface area contributed by atoms with Gasteiger partial charge in [-0.15, -0.1) is 0 Å². The minimum Gasteiger partial charge on any atom is -0.258 e. The monoisotopic (exact) mass is 224 g/mol. The first-order valence-electron chi connectivity index (χ1n) is 5.18. The molecule has 0 bridgehead atoms. The predicted octanol–water partition coefficient (Wildman–Crippen LogP) is 3.30. The van der Waals surface area contributed by atoms with Gasteiger partial charge in [-0.05, 0) is 12.1 Å². The van der Waals surface area contributed by atoms with Crippen LogP contribution in [0.3, 0.4) is 0 Å². The summed E-state index contributed by atoms with van der Waals surface area (Å²) in [5.41, 5.74) is 0.920. The molecule has 0 aliphatic heterocycles.